The lowest BCUT2D eigenvalue weighted by Crippen LogP contribution is -2.31. The van der Waals surface area contributed by atoms with Gasteiger partial charge in [0, 0.05) is 18.8 Å². The molecule has 0 amide bonds. The quantitative estimate of drug-likeness (QED) is 0.609. The van der Waals surface area contributed by atoms with Gasteiger partial charge in [0.25, 0.3) is 5.22 Å². The maximum atomic E-state index is 5.50. The zero-order chi connectivity index (χ0) is 15.4. The zero-order valence-electron chi connectivity index (χ0n) is 12.8. The third kappa shape index (κ3) is 3.92. The van der Waals surface area contributed by atoms with Crippen LogP contribution >= 0.6 is 23.5 Å². The molecule has 1 fully saturated rings. The maximum Gasteiger partial charge on any atom is 0.276 e. The highest BCUT2D eigenvalue weighted by molar-refractivity contribution is 7.98. The van der Waals surface area contributed by atoms with Crippen LogP contribution in [0.5, 0.6) is 0 Å². The lowest BCUT2D eigenvalue weighted by molar-refractivity contribution is 0.427. The summed E-state index contributed by atoms with van der Waals surface area (Å²) in [4.78, 5) is 11.5. The summed E-state index contributed by atoms with van der Waals surface area (Å²) in [6, 6.07) is 2.00. The second kappa shape index (κ2) is 7.32. The number of aromatic nitrogens is 4. The molecule has 22 heavy (non-hydrogen) atoms. The van der Waals surface area contributed by atoms with E-state index < -0.39 is 0 Å². The van der Waals surface area contributed by atoms with E-state index in [1.54, 1.807) is 11.8 Å². The Morgan fingerprint density at radius 1 is 1.18 bits per heavy atom. The van der Waals surface area contributed by atoms with Crippen LogP contribution in [0, 0.1) is 6.92 Å². The Morgan fingerprint density at radius 2 is 2.00 bits per heavy atom. The Balaban J connectivity index is 1.68. The Kier molecular flexibility index (Phi) is 5.20. The third-order valence-corrected chi connectivity index (χ3v) is 4.83. The molecule has 1 saturated heterocycles. The summed E-state index contributed by atoms with van der Waals surface area (Å²) in [5.41, 5.74) is 0.994. The molecule has 2 aromatic rings. The first kappa shape index (κ1) is 15.6. The van der Waals surface area contributed by atoms with E-state index in [2.05, 4.69) is 25.1 Å². The van der Waals surface area contributed by atoms with Crippen molar-refractivity contribution in [1.82, 2.24) is 20.2 Å². The average molecular weight is 337 g/mol. The molecule has 0 aliphatic carbocycles. The second-order valence-corrected chi connectivity index (χ2v) is 6.90. The van der Waals surface area contributed by atoms with Gasteiger partial charge in [-0.1, -0.05) is 23.5 Å². The Labute approximate surface area is 138 Å². The molecule has 6 nitrogen and oxygen atoms in total. The highest BCUT2D eigenvalue weighted by Gasteiger charge is 2.15. The van der Waals surface area contributed by atoms with Crippen molar-refractivity contribution in [2.75, 3.05) is 24.2 Å². The first-order chi connectivity index (χ1) is 10.7. The largest absolute Gasteiger partial charge is 0.415 e. The van der Waals surface area contributed by atoms with Crippen LogP contribution in [-0.2, 0) is 5.75 Å². The van der Waals surface area contributed by atoms with E-state index in [4.69, 9.17) is 4.42 Å². The fraction of sp³-hybridized carbons (Fsp3) is 0.571. The van der Waals surface area contributed by atoms with Gasteiger partial charge < -0.3 is 9.32 Å². The number of hydrogen-bond donors (Lipinski definition) is 0. The van der Waals surface area contributed by atoms with Gasteiger partial charge in [0.15, 0.2) is 0 Å². The molecule has 118 valence electrons. The number of aryl methyl sites for hydroxylation is 1. The minimum atomic E-state index is 0.600. The molecular weight excluding hydrogens is 318 g/mol. The summed E-state index contributed by atoms with van der Waals surface area (Å²) in [5.74, 6) is 2.10. The van der Waals surface area contributed by atoms with Gasteiger partial charge in [-0.3, -0.25) is 0 Å². The smallest absolute Gasteiger partial charge is 0.276 e. The van der Waals surface area contributed by atoms with Crippen LogP contribution < -0.4 is 4.90 Å². The highest BCUT2D eigenvalue weighted by atomic mass is 32.2. The molecule has 1 aliphatic heterocycles. The maximum absolute atomic E-state index is 5.50. The van der Waals surface area contributed by atoms with Crippen molar-refractivity contribution in [2.24, 2.45) is 0 Å². The summed E-state index contributed by atoms with van der Waals surface area (Å²) in [6.45, 7) is 4.11. The van der Waals surface area contributed by atoms with Crippen LogP contribution in [0.4, 0.5) is 5.95 Å². The van der Waals surface area contributed by atoms with Crippen molar-refractivity contribution in [1.29, 1.82) is 0 Å². The predicted molar refractivity (Wildman–Crippen MR) is 88.5 cm³/mol. The van der Waals surface area contributed by atoms with E-state index in [9.17, 15) is 0 Å². The fourth-order valence-corrected chi connectivity index (χ4v) is 3.44. The highest BCUT2D eigenvalue weighted by Crippen LogP contribution is 2.25. The minimum Gasteiger partial charge on any atom is -0.415 e. The number of nitrogens with zero attached hydrogens (tertiary/aromatic N) is 5. The predicted octanol–water partition coefficient (Wildman–Crippen LogP) is 3.17. The van der Waals surface area contributed by atoms with Crippen molar-refractivity contribution in [2.45, 2.75) is 42.2 Å². The van der Waals surface area contributed by atoms with E-state index in [1.165, 1.54) is 31.0 Å². The topological polar surface area (TPSA) is 67.9 Å². The summed E-state index contributed by atoms with van der Waals surface area (Å²) in [6.07, 6.45) is 5.67. The second-order valence-electron chi connectivity index (χ2n) is 5.15. The number of piperidine rings is 1. The van der Waals surface area contributed by atoms with Crippen molar-refractivity contribution in [3.8, 4) is 0 Å². The summed E-state index contributed by atoms with van der Waals surface area (Å²) >= 11 is 3.06. The van der Waals surface area contributed by atoms with E-state index in [0.29, 0.717) is 16.9 Å². The number of hydrogen-bond acceptors (Lipinski definition) is 8. The van der Waals surface area contributed by atoms with Gasteiger partial charge in [-0.15, -0.1) is 10.2 Å². The van der Waals surface area contributed by atoms with Crippen LogP contribution in [0.1, 0.15) is 30.8 Å². The third-order valence-electron chi connectivity index (χ3n) is 3.42. The zero-order valence-corrected chi connectivity index (χ0v) is 14.4. The van der Waals surface area contributed by atoms with E-state index >= 15 is 0 Å². The first-order valence-corrected chi connectivity index (χ1v) is 9.55. The van der Waals surface area contributed by atoms with Crippen LogP contribution in [0.2, 0.25) is 0 Å². The fourth-order valence-electron chi connectivity index (χ4n) is 2.35. The van der Waals surface area contributed by atoms with Gasteiger partial charge in [-0.05, 0) is 38.5 Å². The van der Waals surface area contributed by atoms with Crippen LogP contribution in [-0.4, -0.2) is 39.5 Å². The van der Waals surface area contributed by atoms with Crippen molar-refractivity contribution in [3.63, 3.8) is 0 Å². The standard InChI is InChI=1S/C14H19N5OS2/c1-10-8-12(22-9-11-17-18-14(20-11)21-2)16-13(15-10)19-6-4-3-5-7-19/h8H,3-7,9H2,1-2H3. The summed E-state index contributed by atoms with van der Waals surface area (Å²) in [5, 5.41) is 9.53. The molecule has 8 heteroatoms. The molecule has 0 aromatic carbocycles. The summed E-state index contributed by atoms with van der Waals surface area (Å²) < 4.78 is 5.50. The Bertz CT molecular complexity index is 627. The van der Waals surface area contributed by atoms with E-state index in [0.717, 1.165) is 29.8 Å². The van der Waals surface area contributed by atoms with E-state index in [-0.39, 0.29) is 0 Å². The van der Waals surface area contributed by atoms with Crippen LogP contribution in [0.15, 0.2) is 20.7 Å². The average Bonchev–Trinajstić information content (AvgIpc) is 3.01. The SMILES string of the molecule is CSc1nnc(CSc2cc(C)nc(N3CCCCC3)n2)o1. The molecule has 1 aliphatic rings. The van der Waals surface area contributed by atoms with E-state index in [1.807, 2.05) is 19.2 Å². The molecule has 2 aromatic heterocycles. The van der Waals surface area contributed by atoms with Gasteiger partial charge in [0.2, 0.25) is 11.8 Å². The lowest BCUT2D eigenvalue weighted by Gasteiger charge is -2.27. The summed E-state index contributed by atoms with van der Waals surface area (Å²) in [7, 11) is 0. The number of rotatable bonds is 5. The van der Waals surface area contributed by atoms with Crippen LogP contribution in [0.25, 0.3) is 0 Å². The molecule has 3 heterocycles. The lowest BCUT2D eigenvalue weighted by atomic mass is 10.1. The normalized spacial score (nSPS) is 15.3. The molecule has 0 saturated carbocycles. The number of thioether (sulfide) groups is 2. The van der Waals surface area contributed by atoms with Gasteiger partial charge >= 0.3 is 0 Å². The first-order valence-electron chi connectivity index (χ1n) is 7.34. The molecule has 0 N–H and O–H groups in total. The Morgan fingerprint density at radius 3 is 2.73 bits per heavy atom. The van der Waals surface area contributed by atoms with Gasteiger partial charge in [0.05, 0.1) is 5.75 Å². The molecule has 0 atom stereocenters. The number of anilines is 1. The van der Waals surface area contributed by atoms with Gasteiger partial charge in [-0.25, -0.2) is 9.97 Å². The van der Waals surface area contributed by atoms with Crippen molar-refractivity contribution < 1.29 is 4.42 Å². The molecular formula is C14H19N5OS2. The molecule has 0 radical (unpaired) electrons. The molecule has 0 spiro atoms. The molecule has 0 bridgehead atoms. The van der Waals surface area contributed by atoms with Crippen molar-refractivity contribution in [3.05, 3.63) is 17.7 Å². The van der Waals surface area contributed by atoms with Gasteiger partial charge in [-0.2, -0.15) is 0 Å². The van der Waals surface area contributed by atoms with Crippen molar-refractivity contribution >= 4 is 29.5 Å². The monoisotopic (exact) mass is 337 g/mol. The molecule has 3 rings (SSSR count). The van der Waals surface area contributed by atoms with Crippen LogP contribution in [0.3, 0.4) is 0 Å². The van der Waals surface area contributed by atoms with Gasteiger partial charge in [0.1, 0.15) is 5.03 Å². The molecule has 0 unspecified atom stereocenters. The Hall–Kier alpha value is -1.28. The minimum absolute atomic E-state index is 0.600.